The number of carbonyl (C=O) groups excluding carboxylic acids is 2. The number of hydrogen-bond acceptors (Lipinski definition) is 5. The molecular formula is C28H30FN3O3. The average molecular weight is 476 g/mol. The van der Waals surface area contributed by atoms with Crippen LogP contribution in [-0.2, 0) is 0 Å². The second kappa shape index (κ2) is 11.1. The van der Waals surface area contributed by atoms with Crippen LogP contribution in [0.3, 0.4) is 0 Å². The summed E-state index contributed by atoms with van der Waals surface area (Å²) >= 11 is 0. The molecule has 182 valence electrons. The van der Waals surface area contributed by atoms with Gasteiger partial charge in [0.2, 0.25) is 0 Å². The number of halogens is 1. The van der Waals surface area contributed by atoms with Crippen molar-refractivity contribution in [3.05, 3.63) is 89.7 Å². The molecule has 0 bridgehead atoms. The quantitative estimate of drug-likeness (QED) is 0.379. The van der Waals surface area contributed by atoms with Crippen LogP contribution < -0.4 is 15.4 Å². The molecule has 0 atom stereocenters. The standard InChI is InChI=1S/C28H30FN3O3/c1-35-26-12-10-25(11-13-26)32(28(34)22-4-8-24(30)9-5-22)19-18-31-16-14-21(15-17-31)27(33)20-2-6-23(29)7-3-20/h2-13,21H,14-19,30H2,1H3. The molecule has 7 heteroatoms. The van der Waals surface area contributed by atoms with E-state index in [9.17, 15) is 14.0 Å². The Labute approximate surface area is 205 Å². The molecule has 2 N–H and O–H groups in total. The molecule has 1 fully saturated rings. The van der Waals surface area contributed by atoms with Gasteiger partial charge in [-0.3, -0.25) is 9.59 Å². The summed E-state index contributed by atoms with van der Waals surface area (Å²) in [4.78, 5) is 30.2. The third-order valence-corrected chi connectivity index (χ3v) is 6.51. The number of Topliss-reactive ketones (excluding diaryl/α,β-unsaturated/α-hetero) is 1. The fourth-order valence-corrected chi connectivity index (χ4v) is 4.40. The van der Waals surface area contributed by atoms with E-state index >= 15 is 0 Å². The van der Waals surface area contributed by atoms with Crippen molar-refractivity contribution >= 4 is 23.1 Å². The number of rotatable bonds is 8. The second-order valence-electron chi connectivity index (χ2n) is 8.76. The van der Waals surface area contributed by atoms with Crippen LogP contribution in [0.25, 0.3) is 0 Å². The summed E-state index contributed by atoms with van der Waals surface area (Å²) < 4.78 is 18.4. The normalized spacial score (nSPS) is 14.5. The summed E-state index contributed by atoms with van der Waals surface area (Å²) in [5, 5.41) is 0. The first kappa shape index (κ1) is 24.4. The number of nitrogen functional groups attached to an aromatic ring is 1. The number of ether oxygens (including phenoxy) is 1. The van der Waals surface area contributed by atoms with Crippen molar-refractivity contribution in [1.29, 1.82) is 0 Å². The first-order valence-electron chi connectivity index (χ1n) is 11.8. The van der Waals surface area contributed by atoms with Gasteiger partial charge in [-0.2, -0.15) is 0 Å². The highest BCUT2D eigenvalue weighted by Gasteiger charge is 2.27. The number of hydrogen-bond donors (Lipinski definition) is 1. The van der Waals surface area contributed by atoms with Crippen molar-refractivity contribution in [1.82, 2.24) is 4.90 Å². The van der Waals surface area contributed by atoms with Crippen LogP contribution in [0.15, 0.2) is 72.8 Å². The molecule has 3 aromatic carbocycles. The Bertz CT molecular complexity index is 1140. The minimum Gasteiger partial charge on any atom is -0.497 e. The number of methoxy groups -OCH3 is 1. The van der Waals surface area contributed by atoms with E-state index in [0.717, 1.165) is 37.4 Å². The molecule has 1 aliphatic heterocycles. The molecule has 35 heavy (non-hydrogen) atoms. The van der Waals surface area contributed by atoms with Gasteiger partial charge in [0.15, 0.2) is 5.78 Å². The summed E-state index contributed by atoms with van der Waals surface area (Å²) in [5.41, 5.74) is 8.31. The van der Waals surface area contributed by atoms with Gasteiger partial charge >= 0.3 is 0 Å². The van der Waals surface area contributed by atoms with Crippen LogP contribution in [0, 0.1) is 11.7 Å². The zero-order valence-electron chi connectivity index (χ0n) is 19.8. The SMILES string of the molecule is COc1ccc(N(CCN2CCC(C(=O)c3ccc(F)cc3)CC2)C(=O)c2ccc(N)cc2)cc1. The van der Waals surface area contributed by atoms with E-state index in [0.29, 0.717) is 29.9 Å². The number of nitrogens with zero attached hydrogens (tertiary/aromatic N) is 2. The molecule has 6 nitrogen and oxygen atoms in total. The molecule has 1 aliphatic rings. The van der Waals surface area contributed by atoms with E-state index in [2.05, 4.69) is 4.90 Å². The molecule has 0 saturated carbocycles. The molecule has 4 rings (SSSR count). The molecule has 1 amide bonds. The highest BCUT2D eigenvalue weighted by molar-refractivity contribution is 6.06. The Hall–Kier alpha value is -3.71. The second-order valence-corrected chi connectivity index (χ2v) is 8.76. The molecule has 0 aromatic heterocycles. The predicted octanol–water partition coefficient (Wildman–Crippen LogP) is 4.66. The molecule has 1 saturated heterocycles. The summed E-state index contributed by atoms with van der Waals surface area (Å²) in [6.45, 7) is 2.73. The maximum Gasteiger partial charge on any atom is 0.258 e. The van der Waals surface area contributed by atoms with E-state index in [1.165, 1.54) is 12.1 Å². The van der Waals surface area contributed by atoms with Crippen molar-refractivity contribution < 1.29 is 18.7 Å². The maximum absolute atomic E-state index is 13.4. The van der Waals surface area contributed by atoms with Crippen LogP contribution >= 0.6 is 0 Å². The fourth-order valence-electron chi connectivity index (χ4n) is 4.40. The van der Waals surface area contributed by atoms with E-state index < -0.39 is 0 Å². The lowest BCUT2D eigenvalue weighted by atomic mass is 9.89. The highest BCUT2D eigenvalue weighted by atomic mass is 19.1. The zero-order valence-corrected chi connectivity index (χ0v) is 19.8. The lowest BCUT2D eigenvalue weighted by molar-refractivity contribution is 0.0841. The first-order chi connectivity index (χ1) is 16.9. The van der Waals surface area contributed by atoms with Crippen LogP contribution in [0.5, 0.6) is 5.75 Å². The molecule has 0 aliphatic carbocycles. The Morgan fingerprint density at radius 1 is 0.943 bits per heavy atom. The number of carbonyl (C=O) groups is 2. The van der Waals surface area contributed by atoms with Gasteiger partial charge in [0.05, 0.1) is 7.11 Å². The summed E-state index contributed by atoms with van der Waals surface area (Å²) in [6.07, 6.45) is 1.48. The number of likely N-dealkylation sites (tertiary alicyclic amines) is 1. The van der Waals surface area contributed by atoms with Gasteiger partial charge in [0.25, 0.3) is 5.91 Å². The van der Waals surface area contributed by atoms with E-state index in [4.69, 9.17) is 10.5 Å². The number of anilines is 2. The lowest BCUT2D eigenvalue weighted by Crippen LogP contribution is -2.42. The predicted molar refractivity (Wildman–Crippen MR) is 135 cm³/mol. The Kier molecular flexibility index (Phi) is 7.77. The van der Waals surface area contributed by atoms with Gasteiger partial charge in [-0.05, 0) is 98.7 Å². The van der Waals surface area contributed by atoms with Crippen LogP contribution in [-0.4, -0.2) is 49.9 Å². The van der Waals surface area contributed by atoms with Crippen LogP contribution in [0.1, 0.15) is 33.6 Å². The number of piperidine rings is 1. The molecule has 1 heterocycles. The molecular weight excluding hydrogens is 445 g/mol. The van der Waals surface area contributed by atoms with Crippen molar-refractivity contribution in [3.63, 3.8) is 0 Å². The van der Waals surface area contributed by atoms with Crippen molar-refractivity contribution in [2.45, 2.75) is 12.8 Å². The number of nitrogens with two attached hydrogens (primary N) is 1. The van der Waals surface area contributed by atoms with Crippen molar-refractivity contribution in [2.75, 3.05) is 43.9 Å². The molecule has 0 radical (unpaired) electrons. The maximum atomic E-state index is 13.4. The largest absolute Gasteiger partial charge is 0.497 e. The molecule has 0 spiro atoms. The van der Waals surface area contributed by atoms with Crippen molar-refractivity contribution in [3.8, 4) is 5.75 Å². The lowest BCUT2D eigenvalue weighted by Gasteiger charge is -2.33. The van der Waals surface area contributed by atoms with Gasteiger partial charge in [0, 0.05) is 41.5 Å². The minimum atomic E-state index is -0.341. The van der Waals surface area contributed by atoms with E-state index in [1.807, 2.05) is 24.3 Å². The van der Waals surface area contributed by atoms with E-state index in [1.54, 1.807) is 48.4 Å². The molecule has 3 aromatic rings. The van der Waals surface area contributed by atoms with Gasteiger partial charge in [-0.25, -0.2) is 4.39 Å². The van der Waals surface area contributed by atoms with Gasteiger partial charge < -0.3 is 20.3 Å². The monoisotopic (exact) mass is 475 g/mol. The third-order valence-electron chi connectivity index (χ3n) is 6.51. The Morgan fingerprint density at radius 2 is 1.54 bits per heavy atom. The van der Waals surface area contributed by atoms with Crippen LogP contribution in [0.4, 0.5) is 15.8 Å². The number of ketones is 1. The summed E-state index contributed by atoms with van der Waals surface area (Å²) in [6, 6.07) is 20.1. The fraction of sp³-hybridized carbons (Fsp3) is 0.286. The van der Waals surface area contributed by atoms with Gasteiger partial charge in [-0.15, -0.1) is 0 Å². The smallest absolute Gasteiger partial charge is 0.258 e. The van der Waals surface area contributed by atoms with Crippen molar-refractivity contribution in [2.24, 2.45) is 5.92 Å². The Morgan fingerprint density at radius 3 is 2.14 bits per heavy atom. The van der Waals surface area contributed by atoms with Crippen LogP contribution in [0.2, 0.25) is 0 Å². The van der Waals surface area contributed by atoms with Gasteiger partial charge in [0.1, 0.15) is 11.6 Å². The molecule has 0 unspecified atom stereocenters. The number of amides is 1. The minimum absolute atomic E-state index is 0.0641. The summed E-state index contributed by atoms with van der Waals surface area (Å²) in [5.74, 6) is 0.290. The third kappa shape index (κ3) is 6.05. The van der Waals surface area contributed by atoms with Gasteiger partial charge in [-0.1, -0.05) is 0 Å². The van der Waals surface area contributed by atoms with E-state index in [-0.39, 0.29) is 23.4 Å². The average Bonchev–Trinajstić information content (AvgIpc) is 2.90. The first-order valence-corrected chi connectivity index (χ1v) is 11.8. The highest BCUT2D eigenvalue weighted by Crippen LogP contribution is 2.24. The topological polar surface area (TPSA) is 75.9 Å². The summed E-state index contributed by atoms with van der Waals surface area (Å²) in [7, 11) is 1.61. The zero-order chi connectivity index (χ0) is 24.8. The Balaban J connectivity index is 1.40. The number of benzene rings is 3.